The number of hydrogen-bond donors (Lipinski definition) is 0. The lowest BCUT2D eigenvalue weighted by Crippen LogP contribution is -2.51. The average Bonchev–Trinajstić information content (AvgIpc) is 3.21. The van der Waals surface area contributed by atoms with Crippen LogP contribution in [0.5, 0.6) is 5.75 Å². The maximum absolute atomic E-state index is 13.5. The number of methoxy groups -OCH3 is 1. The molecular weight excluding hydrogens is 416 g/mol. The molecule has 3 aromatic rings. The van der Waals surface area contributed by atoms with Crippen molar-refractivity contribution in [2.45, 2.75) is 46.3 Å². The number of rotatable bonds is 8. The lowest BCUT2D eigenvalue weighted by atomic mass is 10.0. The summed E-state index contributed by atoms with van der Waals surface area (Å²) >= 11 is 0. The van der Waals surface area contributed by atoms with E-state index in [0.717, 1.165) is 11.3 Å². The molecule has 6 nitrogen and oxygen atoms in total. The van der Waals surface area contributed by atoms with Gasteiger partial charge in [-0.3, -0.25) is 9.59 Å². The van der Waals surface area contributed by atoms with Gasteiger partial charge in [0.05, 0.1) is 13.7 Å². The normalized spacial score (nSPS) is 11.2. The molecule has 0 aliphatic heterocycles. The van der Waals surface area contributed by atoms with Gasteiger partial charge < -0.3 is 19.0 Å². The molecule has 0 bridgehead atoms. The lowest BCUT2D eigenvalue weighted by Gasteiger charge is -2.36. The molecule has 0 radical (unpaired) electrons. The summed E-state index contributed by atoms with van der Waals surface area (Å²) in [6.07, 6.45) is 0. The number of carbonyl (C=O) groups excluding carboxylic acids is 2. The minimum atomic E-state index is -0.549. The zero-order valence-electron chi connectivity index (χ0n) is 20.0. The van der Waals surface area contributed by atoms with E-state index in [1.165, 1.54) is 0 Å². The Bertz CT molecular complexity index is 1070. The highest BCUT2D eigenvalue weighted by Crippen LogP contribution is 2.21. The highest BCUT2D eigenvalue weighted by Gasteiger charge is 2.31. The molecule has 0 N–H and O–H groups in total. The van der Waals surface area contributed by atoms with E-state index < -0.39 is 5.54 Å². The van der Waals surface area contributed by atoms with E-state index in [-0.39, 0.29) is 18.4 Å². The van der Waals surface area contributed by atoms with E-state index in [0.29, 0.717) is 30.2 Å². The van der Waals surface area contributed by atoms with Gasteiger partial charge in [-0.15, -0.1) is 0 Å². The first kappa shape index (κ1) is 24.1. The molecule has 0 atom stereocenters. The maximum atomic E-state index is 13.5. The first-order chi connectivity index (χ1) is 15.7. The molecule has 2 aromatic carbocycles. The van der Waals surface area contributed by atoms with Crippen LogP contribution in [-0.2, 0) is 17.9 Å². The molecule has 1 heterocycles. The molecule has 0 saturated heterocycles. The van der Waals surface area contributed by atoms with Crippen LogP contribution in [-0.4, -0.2) is 40.8 Å². The monoisotopic (exact) mass is 448 g/mol. The van der Waals surface area contributed by atoms with Crippen LogP contribution in [0.15, 0.2) is 71.1 Å². The Morgan fingerprint density at radius 1 is 0.909 bits per heavy atom. The van der Waals surface area contributed by atoms with Crippen LogP contribution in [0.3, 0.4) is 0 Å². The Balaban J connectivity index is 1.84. The Morgan fingerprint density at radius 2 is 1.58 bits per heavy atom. The van der Waals surface area contributed by atoms with Gasteiger partial charge in [-0.1, -0.05) is 30.3 Å². The van der Waals surface area contributed by atoms with Gasteiger partial charge in [0.25, 0.3) is 5.91 Å². The molecule has 0 fully saturated rings. The fourth-order valence-electron chi connectivity index (χ4n) is 3.53. The average molecular weight is 449 g/mol. The van der Waals surface area contributed by atoms with Gasteiger partial charge in [-0.05, 0) is 69.7 Å². The van der Waals surface area contributed by atoms with E-state index in [1.54, 1.807) is 41.2 Å². The van der Waals surface area contributed by atoms with Crippen LogP contribution in [0, 0.1) is 6.92 Å². The summed E-state index contributed by atoms with van der Waals surface area (Å²) in [5.41, 5.74) is 0.972. The van der Waals surface area contributed by atoms with Crippen molar-refractivity contribution in [1.29, 1.82) is 0 Å². The van der Waals surface area contributed by atoms with Crippen molar-refractivity contribution in [3.63, 3.8) is 0 Å². The van der Waals surface area contributed by atoms with Gasteiger partial charge in [-0.2, -0.15) is 0 Å². The molecule has 174 valence electrons. The largest absolute Gasteiger partial charge is 0.497 e. The van der Waals surface area contributed by atoms with Crippen LogP contribution < -0.4 is 4.74 Å². The van der Waals surface area contributed by atoms with Crippen molar-refractivity contribution in [2.75, 3.05) is 13.7 Å². The van der Waals surface area contributed by atoms with E-state index in [1.807, 2.05) is 70.2 Å². The van der Waals surface area contributed by atoms with Gasteiger partial charge in [0.15, 0.2) is 0 Å². The molecule has 3 rings (SSSR count). The Labute approximate surface area is 195 Å². The summed E-state index contributed by atoms with van der Waals surface area (Å²) in [5.74, 6) is 1.83. The Kier molecular flexibility index (Phi) is 7.59. The van der Waals surface area contributed by atoms with Gasteiger partial charge >= 0.3 is 0 Å². The predicted molar refractivity (Wildman–Crippen MR) is 128 cm³/mol. The second kappa shape index (κ2) is 10.4. The highest BCUT2D eigenvalue weighted by molar-refractivity contribution is 5.97. The summed E-state index contributed by atoms with van der Waals surface area (Å²) in [7, 11) is 1.58. The number of furan rings is 1. The minimum absolute atomic E-state index is 0.0408. The zero-order valence-corrected chi connectivity index (χ0v) is 20.0. The number of ether oxygens (including phenoxy) is 1. The zero-order chi connectivity index (χ0) is 24.0. The second-order valence-electron chi connectivity index (χ2n) is 9.04. The SMILES string of the molecule is COc1ccc(C(=O)N(CC(=O)N(Cc2ccccc2)Cc2ccc(C)o2)C(C)(C)C)cc1. The second-order valence-corrected chi connectivity index (χ2v) is 9.04. The predicted octanol–water partition coefficient (Wildman–Crippen LogP) is 5.07. The van der Waals surface area contributed by atoms with Crippen LogP contribution in [0.25, 0.3) is 0 Å². The van der Waals surface area contributed by atoms with Gasteiger partial charge in [-0.25, -0.2) is 0 Å². The third kappa shape index (κ3) is 6.48. The van der Waals surface area contributed by atoms with Crippen molar-refractivity contribution < 1.29 is 18.7 Å². The fraction of sp³-hybridized carbons (Fsp3) is 0.333. The molecule has 0 aliphatic rings. The topological polar surface area (TPSA) is 63.0 Å². The molecule has 6 heteroatoms. The van der Waals surface area contributed by atoms with Crippen molar-refractivity contribution in [3.05, 3.63) is 89.4 Å². The first-order valence-corrected chi connectivity index (χ1v) is 11.0. The lowest BCUT2D eigenvalue weighted by molar-refractivity contribution is -0.134. The molecule has 0 aliphatic carbocycles. The summed E-state index contributed by atoms with van der Waals surface area (Å²) in [6.45, 7) is 8.38. The van der Waals surface area contributed by atoms with Crippen LogP contribution in [0.1, 0.15) is 48.2 Å². The van der Waals surface area contributed by atoms with Gasteiger partial charge in [0, 0.05) is 17.6 Å². The fourth-order valence-corrected chi connectivity index (χ4v) is 3.53. The van der Waals surface area contributed by atoms with Gasteiger partial charge in [0.2, 0.25) is 5.91 Å². The van der Waals surface area contributed by atoms with Crippen LogP contribution in [0.4, 0.5) is 0 Å². The molecule has 0 unspecified atom stereocenters. The summed E-state index contributed by atoms with van der Waals surface area (Å²) in [5, 5.41) is 0. The van der Waals surface area contributed by atoms with Crippen LogP contribution in [0.2, 0.25) is 0 Å². The molecule has 0 spiro atoms. The van der Waals surface area contributed by atoms with Gasteiger partial charge in [0.1, 0.15) is 23.8 Å². The number of benzene rings is 2. The van der Waals surface area contributed by atoms with E-state index in [4.69, 9.17) is 9.15 Å². The smallest absolute Gasteiger partial charge is 0.254 e. The van der Waals surface area contributed by atoms with E-state index in [2.05, 4.69) is 0 Å². The van der Waals surface area contributed by atoms with Crippen molar-refractivity contribution in [2.24, 2.45) is 0 Å². The highest BCUT2D eigenvalue weighted by atomic mass is 16.5. The number of amides is 2. The third-order valence-electron chi connectivity index (χ3n) is 5.40. The minimum Gasteiger partial charge on any atom is -0.497 e. The summed E-state index contributed by atoms with van der Waals surface area (Å²) in [4.78, 5) is 30.2. The molecular formula is C27H32N2O4. The molecule has 33 heavy (non-hydrogen) atoms. The summed E-state index contributed by atoms with van der Waals surface area (Å²) < 4.78 is 10.9. The molecule has 0 saturated carbocycles. The van der Waals surface area contributed by atoms with Crippen LogP contribution >= 0.6 is 0 Å². The van der Waals surface area contributed by atoms with E-state index >= 15 is 0 Å². The summed E-state index contributed by atoms with van der Waals surface area (Å²) in [6, 6.07) is 20.5. The van der Waals surface area contributed by atoms with Crippen molar-refractivity contribution in [3.8, 4) is 5.75 Å². The number of hydrogen-bond acceptors (Lipinski definition) is 4. The number of carbonyl (C=O) groups is 2. The van der Waals surface area contributed by atoms with Crippen molar-refractivity contribution >= 4 is 11.8 Å². The Hall–Kier alpha value is -3.54. The van der Waals surface area contributed by atoms with Crippen molar-refractivity contribution in [1.82, 2.24) is 9.80 Å². The molecule has 2 amide bonds. The standard InChI is InChI=1S/C27H32N2O4/c1-20-11-14-24(33-20)18-28(17-21-9-7-6-8-10-21)25(30)19-29(27(2,3)4)26(31)22-12-15-23(32-5)16-13-22/h6-16H,17-19H2,1-5H3. The number of nitrogens with zero attached hydrogens (tertiary/aromatic N) is 2. The molecule has 1 aromatic heterocycles. The Morgan fingerprint density at radius 3 is 2.12 bits per heavy atom. The third-order valence-corrected chi connectivity index (χ3v) is 5.40. The van der Waals surface area contributed by atoms with E-state index in [9.17, 15) is 9.59 Å². The first-order valence-electron chi connectivity index (χ1n) is 11.0. The quantitative estimate of drug-likeness (QED) is 0.483. The number of aryl methyl sites for hydroxylation is 1. The maximum Gasteiger partial charge on any atom is 0.254 e.